The number of piperidine rings is 1. The first-order chi connectivity index (χ1) is 10.2. The Bertz CT molecular complexity index is 354. The molecule has 1 N–H and O–H groups in total. The van der Waals surface area contributed by atoms with Gasteiger partial charge in [0.1, 0.15) is 5.54 Å². The Morgan fingerprint density at radius 1 is 1.38 bits per heavy atom. The fourth-order valence-electron chi connectivity index (χ4n) is 3.98. The molecule has 1 saturated heterocycles. The van der Waals surface area contributed by atoms with Crippen molar-refractivity contribution < 1.29 is 4.74 Å². The van der Waals surface area contributed by atoms with Crippen LogP contribution >= 0.6 is 0 Å². The zero-order valence-corrected chi connectivity index (χ0v) is 13.7. The summed E-state index contributed by atoms with van der Waals surface area (Å²) in [6.45, 7) is 6.49. The lowest BCUT2D eigenvalue weighted by molar-refractivity contribution is 0.0287. The summed E-state index contributed by atoms with van der Waals surface area (Å²) < 4.78 is 5.50. The van der Waals surface area contributed by atoms with Gasteiger partial charge < -0.3 is 9.64 Å². The Kier molecular flexibility index (Phi) is 6.47. The van der Waals surface area contributed by atoms with Gasteiger partial charge in [0.15, 0.2) is 0 Å². The first-order valence-electron chi connectivity index (χ1n) is 8.65. The molecule has 4 heteroatoms. The average Bonchev–Trinajstić information content (AvgIpc) is 2.94. The average molecular weight is 293 g/mol. The van der Waals surface area contributed by atoms with Gasteiger partial charge in [-0.05, 0) is 64.1 Å². The van der Waals surface area contributed by atoms with Crippen molar-refractivity contribution in [2.75, 3.05) is 33.3 Å². The molecule has 3 unspecified atom stereocenters. The number of hydrogen-bond acceptors (Lipinski definition) is 4. The van der Waals surface area contributed by atoms with Crippen LogP contribution in [0.4, 0.5) is 0 Å². The second-order valence-corrected chi connectivity index (χ2v) is 6.69. The number of likely N-dealkylation sites (tertiary alicyclic amines) is 1. The van der Waals surface area contributed by atoms with Crippen LogP contribution in [0.15, 0.2) is 0 Å². The quantitative estimate of drug-likeness (QED) is 0.783. The topological polar surface area (TPSA) is 48.3 Å². The lowest BCUT2D eigenvalue weighted by Crippen LogP contribution is -2.48. The highest BCUT2D eigenvalue weighted by atomic mass is 16.5. The molecular weight excluding hydrogens is 262 g/mol. The number of nitrogens with zero attached hydrogens (tertiary/aromatic N) is 2. The fourth-order valence-corrected chi connectivity index (χ4v) is 3.98. The van der Waals surface area contributed by atoms with Crippen molar-refractivity contribution in [2.24, 2.45) is 5.92 Å². The van der Waals surface area contributed by atoms with Gasteiger partial charge in [0.05, 0.1) is 12.2 Å². The van der Waals surface area contributed by atoms with Crippen LogP contribution in [0.25, 0.3) is 0 Å². The minimum absolute atomic E-state index is 0.257. The molecule has 0 spiro atoms. The van der Waals surface area contributed by atoms with Crippen LogP contribution in [0, 0.1) is 17.2 Å². The number of methoxy groups -OCH3 is 1. The number of ether oxygens (including phenoxy) is 1. The van der Waals surface area contributed by atoms with Crippen LogP contribution in [-0.2, 0) is 4.74 Å². The number of rotatable bonds is 7. The van der Waals surface area contributed by atoms with E-state index in [1.54, 1.807) is 0 Å². The van der Waals surface area contributed by atoms with E-state index in [-0.39, 0.29) is 5.54 Å². The molecule has 120 valence electrons. The molecular formula is C17H31N3O. The SMILES string of the molecule is CCCNC1(C#N)CCCC1CCN1CCCC(OC)C1. The van der Waals surface area contributed by atoms with Crippen LogP contribution in [0.3, 0.4) is 0 Å². The van der Waals surface area contributed by atoms with E-state index >= 15 is 0 Å². The molecule has 0 amide bonds. The molecule has 2 rings (SSSR count). The van der Waals surface area contributed by atoms with Crippen molar-refractivity contribution in [1.82, 2.24) is 10.2 Å². The van der Waals surface area contributed by atoms with E-state index in [0.717, 1.165) is 38.9 Å². The van der Waals surface area contributed by atoms with Crippen molar-refractivity contribution >= 4 is 0 Å². The predicted octanol–water partition coefficient (Wildman–Crippen LogP) is 2.55. The summed E-state index contributed by atoms with van der Waals surface area (Å²) in [6.07, 6.45) is 8.48. The highest BCUT2D eigenvalue weighted by molar-refractivity contribution is 5.14. The Hall–Kier alpha value is -0.630. The molecule has 0 aromatic rings. The summed E-state index contributed by atoms with van der Waals surface area (Å²) in [5.41, 5.74) is -0.257. The first-order valence-corrected chi connectivity index (χ1v) is 8.65. The van der Waals surface area contributed by atoms with E-state index in [4.69, 9.17) is 4.74 Å². The molecule has 4 nitrogen and oxygen atoms in total. The largest absolute Gasteiger partial charge is 0.380 e. The van der Waals surface area contributed by atoms with Crippen molar-refractivity contribution in [3.05, 3.63) is 0 Å². The van der Waals surface area contributed by atoms with Crippen LogP contribution in [0.1, 0.15) is 51.9 Å². The Morgan fingerprint density at radius 3 is 2.95 bits per heavy atom. The minimum Gasteiger partial charge on any atom is -0.380 e. The van der Waals surface area contributed by atoms with Gasteiger partial charge in [0.2, 0.25) is 0 Å². The zero-order valence-electron chi connectivity index (χ0n) is 13.7. The zero-order chi connectivity index (χ0) is 15.1. The van der Waals surface area contributed by atoms with Crippen LogP contribution in [-0.4, -0.2) is 49.8 Å². The second kappa shape index (κ2) is 8.12. The molecule has 1 aliphatic heterocycles. The monoisotopic (exact) mass is 293 g/mol. The van der Waals surface area contributed by atoms with Crippen molar-refractivity contribution in [1.29, 1.82) is 5.26 Å². The molecule has 1 heterocycles. The standard InChI is InChI=1S/C17H31N3O/c1-3-10-19-17(14-18)9-4-6-15(17)8-12-20-11-5-7-16(13-20)21-2/h15-16,19H,3-13H2,1-2H3. The van der Waals surface area contributed by atoms with Crippen molar-refractivity contribution in [2.45, 2.75) is 63.5 Å². The van der Waals surface area contributed by atoms with Gasteiger partial charge in [-0.1, -0.05) is 13.3 Å². The lowest BCUT2D eigenvalue weighted by Gasteiger charge is -2.35. The summed E-state index contributed by atoms with van der Waals surface area (Å²) in [5.74, 6) is 0.511. The van der Waals surface area contributed by atoms with Gasteiger partial charge in [0, 0.05) is 13.7 Å². The highest BCUT2D eigenvalue weighted by Gasteiger charge is 2.42. The molecule has 3 atom stereocenters. The van der Waals surface area contributed by atoms with E-state index in [9.17, 15) is 5.26 Å². The van der Waals surface area contributed by atoms with Crippen molar-refractivity contribution in [3.8, 4) is 6.07 Å². The Morgan fingerprint density at radius 2 is 2.24 bits per heavy atom. The van der Waals surface area contributed by atoms with E-state index in [2.05, 4.69) is 23.2 Å². The minimum atomic E-state index is -0.257. The Balaban J connectivity index is 1.85. The Labute approximate surface area is 129 Å². The first kappa shape index (κ1) is 16.7. The summed E-state index contributed by atoms with van der Waals surface area (Å²) in [6, 6.07) is 2.62. The van der Waals surface area contributed by atoms with Gasteiger partial charge in [0.25, 0.3) is 0 Å². The molecule has 0 bridgehead atoms. The van der Waals surface area contributed by atoms with Gasteiger partial charge >= 0.3 is 0 Å². The van der Waals surface area contributed by atoms with Crippen LogP contribution in [0.5, 0.6) is 0 Å². The molecule has 21 heavy (non-hydrogen) atoms. The molecule has 0 radical (unpaired) electrons. The normalized spacial score (nSPS) is 34.0. The molecule has 0 aromatic carbocycles. The second-order valence-electron chi connectivity index (χ2n) is 6.69. The smallest absolute Gasteiger partial charge is 0.109 e. The maximum atomic E-state index is 9.68. The number of nitrogens with one attached hydrogen (secondary N) is 1. The summed E-state index contributed by atoms with van der Waals surface area (Å²) in [5, 5.41) is 13.2. The van der Waals surface area contributed by atoms with E-state index in [0.29, 0.717) is 12.0 Å². The third-order valence-electron chi connectivity index (χ3n) is 5.30. The molecule has 2 fully saturated rings. The summed E-state index contributed by atoms with van der Waals surface area (Å²) in [7, 11) is 1.82. The third-order valence-corrected chi connectivity index (χ3v) is 5.30. The third kappa shape index (κ3) is 4.18. The van der Waals surface area contributed by atoms with Gasteiger partial charge in [-0.3, -0.25) is 5.32 Å². The molecule has 1 aliphatic carbocycles. The van der Waals surface area contributed by atoms with Gasteiger partial charge in [-0.2, -0.15) is 5.26 Å². The maximum absolute atomic E-state index is 9.68. The number of nitriles is 1. The summed E-state index contributed by atoms with van der Waals surface area (Å²) in [4.78, 5) is 2.53. The van der Waals surface area contributed by atoms with Crippen molar-refractivity contribution in [3.63, 3.8) is 0 Å². The predicted molar refractivity (Wildman–Crippen MR) is 85.1 cm³/mol. The summed E-state index contributed by atoms with van der Waals surface area (Å²) >= 11 is 0. The van der Waals surface area contributed by atoms with E-state index in [1.807, 2.05) is 7.11 Å². The number of hydrogen-bond donors (Lipinski definition) is 1. The lowest BCUT2D eigenvalue weighted by atomic mass is 9.85. The van der Waals surface area contributed by atoms with Gasteiger partial charge in [-0.15, -0.1) is 0 Å². The van der Waals surface area contributed by atoms with Crippen LogP contribution < -0.4 is 5.32 Å². The van der Waals surface area contributed by atoms with E-state index in [1.165, 1.54) is 32.2 Å². The van der Waals surface area contributed by atoms with Gasteiger partial charge in [-0.25, -0.2) is 0 Å². The maximum Gasteiger partial charge on any atom is 0.109 e. The van der Waals surface area contributed by atoms with Crippen LogP contribution in [0.2, 0.25) is 0 Å². The molecule has 0 aromatic heterocycles. The molecule has 1 saturated carbocycles. The van der Waals surface area contributed by atoms with E-state index < -0.39 is 0 Å². The highest BCUT2D eigenvalue weighted by Crippen LogP contribution is 2.37. The fraction of sp³-hybridized carbons (Fsp3) is 0.941. The molecule has 2 aliphatic rings.